The van der Waals surface area contributed by atoms with Crippen molar-refractivity contribution in [2.45, 2.75) is 52.6 Å². The fraction of sp³-hybridized carbons (Fsp3) is 1.00. The summed E-state index contributed by atoms with van der Waals surface area (Å²) >= 11 is 0. The van der Waals surface area contributed by atoms with E-state index in [0.717, 1.165) is 6.54 Å². The molecule has 0 amide bonds. The predicted octanol–water partition coefficient (Wildman–Crippen LogP) is 2.92. The first-order valence-electron chi connectivity index (χ1n) is 6.68. The number of ether oxygens (including phenoxy) is 1. The Morgan fingerprint density at radius 2 is 2.00 bits per heavy atom. The van der Waals surface area contributed by atoms with Gasteiger partial charge in [0.2, 0.25) is 0 Å². The van der Waals surface area contributed by atoms with Crippen molar-refractivity contribution in [2.75, 3.05) is 26.7 Å². The zero-order valence-electron chi connectivity index (χ0n) is 11.4. The van der Waals surface area contributed by atoms with E-state index in [1.54, 1.807) is 0 Å². The van der Waals surface area contributed by atoms with Gasteiger partial charge >= 0.3 is 0 Å². The molecule has 0 aromatic rings. The lowest BCUT2D eigenvalue weighted by molar-refractivity contribution is 0.102. The molecule has 2 rings (SSSR count). The summed E-state index contributed by atoms with van der Waals surface area (Å²) in [5.74, 6) is 0. The molecule has 0 N–H and O–H groups in total. The van der Waals surface area contributed by atoms with Crippen molar-refractivity contribution in [3.8, 4) is 0 Å². The van der Waals surface area contributed by atoms with Crippen LogP contribution in [-0.4, -0.2) is 37.7 Å². The fourth-order valence-electron chi connectivity index (χ4n) is 3.30. The van der Waals surface area contributed by atoms with Gasteiger partial charge in [0.1, 0.15) is 0 Å². The highest BCUT2D eigenvalue weighted by molar-refractivity contribution is 4.99. The second-order valence-corrected chi connectivity index (χ2v) is 7.12. The van der Waals surface area contributed by atoms with Crippen LogP contribution >= 0.6 is 0 Å². The molecule has 2 fully saturated rings. The molecule has 1 heterocycles. The number of hydrogen-bond acceptors (Lipinski definition) is 2. The molecular formula is C14H27NO. The van der Waals surface area contributed by atoms with Gasteiger partial charge in [-0.3, -0.25) is 0 Å². The van der Waals surface area contributed by atoms with Crippen molar-refractivity contribution < 1.29 is 4.74 Å². The summed E-state index contributed by atoms with van der Waals surface area (Å²) in [6.07, 6.45) is 5.98. The molecule has 0 spiro atoms. The van der Waals surface area contributed by atoms with Crippen LogP contribution in [0.15, 0.2) is 0 Å². The summed E-state index contributed by atoms with van der Waals surface area (Å²) in [7, 11) is 1.84. The Balaban J connectivity index is 1.81. The lowest BCUT2D eigenvalue weighted by Crippen LogP contribution is -2.31. The Morgan fingerprint density at radius 1 is 1.31 bits per heavy atom. The van der Waals surface area contributed by atoms with Crippen molar-refractivity contribution >= 4 is 0 Å². The third kappa shape index (κ3) is 3.21. The molecule has 1 unspecified atom stereocenters. The zero-order chi connectivity index (χ0) is 11.8. The standard InChI is InChI=1S/C14H27NO/c1-13(2,3)10-14(6-7-14)11-15-8-5-12(9-15)16-4/h12H,5-11H2,1-4H3. The van der Waals surface area contributed by atoms with E-state index in [0.29, 0.717) is 16.9 Å². The molecule has 0 aromatic carbocycles. The van der Waals surface area contributed by atoms with Gasteiger partial charge in [-0.1, -0.05) is 20.8 Å². The zero-order valence-corrected chi connectivity index (χ0v) is 11.4. The topological polar surface area (TPSA) is 12.5 Å². The largest absolute Gasteiger partial charge is 0.380 e. The minimum atomic E-state index is 0.483. The SMILES string of the molecule is COC1CCN(CC2(CC(C)(C)C)CC2)C1. The van der Waals surface area contributed by atoms with Crippen LogP contribution in [0.4, 0.5) is 0 Å². The highest BCUT2D eigenvalue weighted by atomic mass is 16.5. The van der Waals surface area contributed by atoms with E-state index in [4.69, 9.17) is 4.74 Å². The minimum Gasteiger partial charge on any atom is -0.380 e. The normalized spacial score (nSPS) is 29.6. The maximum atomic E-state index is 5.44. The van der Waals surface area contributed by atoms with E-state index < -0.39 is 0 Å². The second-order valence-electron chi connectivity index (χ2n) is 7.12. The summed E-state index contributed by atoms with van der Waals surface area (Å²) in [4.78, 5) is 2.62. The van der Waals surface area contributed by atoms with E-state index in [1.165, 1.54) is 38.8 Å². The summed E-state index contributed by atoms with van der Waals surface area (Å²) < 4.78 is 5.44. The van der Waals surface area contributed by atoms with Crippen LogP contribution in [0.3, 0.4) is 0 Å². The highest BCUT2D eigenvalue weighted by Crippen LogP contribution is 2.53. The van der Waals surface area contributed by atoms with Crippen LogP contribution in [-0.2, 0) is 4.74 Å². The van der Waals surface area contributed by atoms with E-state index in [9.17, 15) is 0 Å². The van der Waals surface area contributed by atoms with E-state index >= 15 is 0 Å². The Hall–Kier alpha value is -0.0800. The molecule has 16 heavy (non-hydrogen) atoms. The third-order valence-corrected chi connectivity index (χ3v) is 3.98. The smallest absolute Gasteiger partial charge is 0.0710 e. The van der Waals surface area contributed by atoms with E-state index in [-0.39, 0.29) is 0 Å². The lowest BCUT2D eigenvalue weighted by atomic mass is 9.82. The van der Waals surface area contributed by atoms with Crippen molar-refractivity contribution in [2.24, 2.45) is 10.8 Å². The van der Waals surface area contributed by atoms with Gasteiger partial charge in [0.05, 0.1) is 6.10 Å². The Labute approximate surface area is 100 Å². The second kappa shape index (κ2) is 4.30. The third-order valence-electron chi connectivity index (χ3n) is 3.98. The van der Waals surface area contributed by atoms with Gasteiger partial charge in [0.15, 0.2) is 0 Å². The lowest BCUT2D eigenvalue weighted by Gasteiger charge is -2.29. The fourth-order valence-corrected chi connectivity index (χ4v) is 3.30. The maximum Gasteiger partial charge on any atom is 0.0710 e. The monoisotopic (exact) mass is 225 g/mol. The van der Waals surface area contributed by atoms with Gasteiger partial charge < -0.3 is 9.64 Å². The van der Waals surface area contributed by atoms with Gasteiger partial charge in [-0.2, -0.15) is 0 Å². The van der Waals surface area contributed by atoms with Crippen LogP contribution in [0.1, 0.15) is 46.5 Å². The van der Waals surface area contributed by atoms with Crippen molar-refractivity contribution in [1.82, 2.24) is 4.90 Å². The number of rotatable bonds is 4. The number of hydrogen-bond donors (Lipinski definition) is 0. The molecule has 2 heteroatoms. The molecule has 1 saturated carbocycles. The first kappa shape index (κ1) is 12.4. The van der Waals surface area contributed by atoms with Crippen molar-refractivity contribution in [3.63, 3.8) is 0 Å². The summed E-state index contributed by atoms with van der Waals surface area (Å²) in [6, 6.07) is 0. The van der Waals surface area contributed by atoms with Gasteiger partial charge in [0, 0.05) is 26.7 Å². The van der Waals surface area contributed by atoms with Crippen LogP contribution < -0.4 is 0 Å². The number of nitrogens with zero attached hydrogens (tertiary/aromatic N) is 1. The number of methoxy groups -OCH3 is 1. The van der Waals surface area contributed by atoms with Crippen LogP contribution in [0.25, 0.3) is 0 Å². The predicted molar refractivity (Wildman–Crippen MR) is 67.6 cm³/mol. The van der Waals surface area contributed by atoms with Gasteiger partial charge in [-0.25, -0.2) is 0 Å². The molecule has 94 valence electrons. The molecular weight excluding hydrogens is 198 g/mol. The first-order chi connectivity index (χ1) is 7.42. The molecule has 0 radical (unpaired) electrons. The quantitative estimate of drug-likeness (QED) is 0.729. The molecule has 0 aromatic heterocycles. The highest BCUT2D eigenvalue weighted by Gasteiger charge is 2.46. The molecule has 2 aliphatic rings. The molecule has 0 bridgehead atoms. The molecule has 1 aliphatic heterocycles. The number of likely N-dealkylation sites (tertiary alicyclic amines) is 1. The van der Waals surface area contributed by atoms with Crippen LogP contribution in [0.5, 0.6) is 0 Å². The van der Waals surface area contributed by atoms with Gasteiger partial charge in [-0.05, 0) is 36.5 Å². The molecule has 2 nitrogen and oxygen atoms in total. The minimum absolute atomic E-state index is 0.483. The molecule has 1 saturated heterocycles. The summed E-state index contributed by atoms with van der Waals surface area (Å²) in [6.45, 7) is 10.8. The average Bonchev–Trinajstić information content (AvgIpc) is 2.74. The van der Waals surface area contributed by atoms with Crippen molar-refractivity contribution in [1.29, 1.82) is 0 Å². The average molecular weight is 225 g/mol. The van der Waals surface area contributed by atoms with Gasteiger partial charge in [0.25, 0.3) is 0 Å². The molecule has 1 atom stereocenters. The first-order valence-corrected chi connectivity index (χ1v) is 6.68. The molecule has 1 aliphatic carbocycles. The van der Waals surface area contributed by atoms with Gasteiger partial charge in [-0.15, -0.1) is 0 Å². The van der Waals surface area contributed by atoms with E-state index in [1.807, 2.05) is 7.11 Å². The Bertz CT molecular complexity index is 240. The Morgan fingerprint density at radius 3 is 2.44 bits per heavy atom. The maximum absolute atomic E-state index is 5.44. The summed E-state index contributed by atoms with van der Waals surface area (Å²) in [5.41, 5.74) is 1.14. The Kier molecular flexibility index (Phi) is 3.33. The van der Waals surface area contributed by atoms with Crippen molar-refractivity contribution in [3.05, 3.63) is 0 Å². The van der Waals surface area contributed by atoms with Crippen LogP contribution in [0.2, 0.25) is 0 Å². The summed E-state index contributed by atoms with van der Waals surface area (Å²) in [5, 5.41) is 0. The van der Waals surface area contributed by atoms with E-state index in [2.05, 4.69) is 25.7 Å². The van der Waals surface area contributed by atoms with Crippen LogP contribution in [0, 0.1) is 10.8 Å².